The number of likely N-dealkylation sites (tertiary alicyclic amines) is 1. The van der Waals surface area contributed by atoms with E-state index in [0.717, 1.165) is 110 Å². The van der Waals surface area contributed by atoms with Gasteiger partial charge in [0.1, 0.15) is 0 Å². The monoisotopic (exact) mass is 1090 g/mol. The maximum Gasteiger partial charge on any atom is 0.409 e. The van der Waals surface area contributed by atoms with Gasteiger partial charge in [0.2, 0.25) is 0 Å². The van der Waals surface area contributed by atoms with E-state index < -0.39 is 0 Å². The Morgan fingerprint density at radius 2 is 0.958 bits per heavy atom. The molecule has 0 bridgehead atoms. The second-order valence-corrected chi connectivity index (χ2v) is 22.7. The summed E-state index contributed by atoms with van der Waals surface area (Å²) in [6, 6.07) is 30.0. The quantitative estimate of drug-likeness (QED) is 0.182. The van der Waals surface area contributed by atoms with Gasteiger partial charge in [-0.1, -0.05) is 65.1 Å². The Kier molecular flexibility index (Phi) is 17.0. The molecule has 2 N–H and O–H groups in total. The molecule has 3 aromatic carbocycles. The lowest BCUT2D eigenvalue weighted by molar-refractivity contribution is 0.0900. The van der Waals surface area contributed by atoms with Crippen LogP contribution in [0.4, 0.5) is 4.79 Å². The first kappa shape index (κ1) is 51.1. The van der Waals surface area contributed by atoms with Crippen molar-refractivity contribution >= 4 is 56.8 Å². The molecule has 8 nitrogen and oxygen atoms in total. The molecule has 3 aromatic heterocycles. The second kappa shape index (κ2) is 23.9. The van der Waals surface area contributed by atoms with Crippen LogP contribution in [0.15, 0.2) is 108 Å². The van der Waals surface area contributed by atoms with Gasteiger partial charge >= 0.3 is 6.09 Å². The molecule has 3 saturated heterocycles. The first-order chi connectivity index (χ1) is 35.2. The number of carbonyl (C=O) groups excluding carboxylic acids is 1. The molecule has 6 aliphatic rings. The number of carbonyl (C=O) groups is 1. The van der Waals surface area contributed by atoms with E-state index in [1.54, 1.807) is 0 Å². The van der Waals surface area contributed by atoms with E-state index in [0.29, 0.717) is 36.2 Å². The van der Waals surface area contributed by atoms with Gasteiger partial charge in [-0.25, -0.2) is 4.79 Å². The summed E-state index contributed by atoms with van der Waals surface area (Å²) in [5.74, 6) is 2.88. The van der Waals surface area contributed by atoms with E-state index in [1.807, 2.05) is 54.7 Å². The van der Waals surface area contributed by atoms with Crippen LogP contribution < -0.4 is 10.6 Å². The molecule has 376 valence electrons. The van der Waals surface area contributed by atoms with Gasteiger partial charge < -0.3 is 20.3 Å². The number of nitrogens with zero attached hydrogens (tertiary/aromatic N) is 4. The highest BCUT2D eigenvalue weighted by atomic mass is 79.9. The minimum absolute atomic E-state index is 0.192. The van der Waals surface area contributed by atoms with Crippen molar-refractivity contribution in [3.05, 3.63) is 190 Å². The molecule has 6 aromatic rings. The summed E-state index contributed by atoms with van der Waals surface area (Å²) < 4.78 is 6.24. The topological polar surface area (TPSA) is 92.3 Å². The molecule has 6 heterocycles. The summed E-state index contributed by atoms with van der Waals surface area (Å²) in [5.41, 5.74) is 16.3. The zero-order valence-electron chi connectivity index (χ0n) is 41.3. The van der Waals surface area contributed by atoms with Gasteiger partial charge in [-0.15, -0.1) is 0 Å². The molecule has 12 heteroatoms. The average Bonchev–Trinajstić information content (AvgIpc) is 3.76. The number of ether oxygens (including phenoxy) is 1. The maximum atomic E-state index is 12.0. The molecular weight excluding hydrogens is 1020 g/mol. The first-order valence-electron chi connectivity index (χ1n) is 26.4. The van der Waals surface area contributed by atoms with Crippen molar-refractivity contribution in [3.8, 4) is 0 Å². The number of benzene rings is 3. The standard InChI is InChI=1S/C22H25ClN2O2.C19H20BrClN2.C19H21ClN2/c1-2-27-22(26)25-12-9-15(10-13-25)20-19-8-7-18(23)14-17(19)6-5-16-4-3-11-24-21(16)20;20-15-9-14-2-1-13-10-16(21)3-4-17(13)18(19(14)23-11-15)12-5-7-22-8-6-12;20-16-5-6-17-15(12-16)4-3-14-2-1-9-22-19(14)18(17)13-7-10-21-11-8-13/h3-4,7-8,11,14-15,20H,2,5-6,9-10,12-13H2,1H3;3-4,9-12,18,22H,1-2,5-8H2;1-2,5-6,9,12-13,18,21H,3-4,7-8,10-11H2. The fourth-order valence-electron chi connectivity index (χ4n) is 12.8. The number of aromatic nitrogens is 3. The molecule has 3 unspecified atom stereocenters. The highest BCUT2D eigenvalue weighted by Gasteiger charge is 2.37. The number of halogens is 4. The summed E-state index contributed by atoms with van der Waals surface area (Å²) in [6.45, 7) is 8.20. The van der Waals surface area contributed by atoms with Gasteiger partial charge in [0.15, 0.2) is 0 Å². The molecule has 72 heavy (non-hydrogen) atoms. The predicted molar refractivity (Wildman–Crippen MR) is 295 cm³/mol. The van der Waals surface area contributed by atoms with Crippen LogP contribution in [0.5, 0.6) is 0 Å². The van der Waals surface area contributed by atoms with Crippen molar-refractivity contribution in [2.45, 2.75) is 102 Å². The fourth-order valence-corrected chi connectivity index (χ4v) is 13.8. The summed E-state index contributed by atoms with van der Waals surface area (Å²) in [4.78, 5) is 28.3. The van der Waals surface area contributed by atoms with Crippen molar-refractivity contribution < 1.29 is 9.53 Å². The van der Waals surface area contributed by atoms with E-state index in [-0.39, 0.29) is 12.0 Å². The van der Waals surface area contributed by atoms with E-state index >= 15 is 0 Å². The Labute approximate surface area is 449 Å². The highest BCUT2D eigenvalue weighted by molar-refractivity contribution is 9.10. The highest BCUT2D eigenvalue weighted by Crippen LogP contribution is 2.45. The number of piperidine rings is 3. The molecule has 0 saturated carbocycles. The number of pyridine rings is 3. The van der Waals surface area contributed by atoms with Crippen molar-refractivity contribution in [1.29, 1.82) is 0 Å². The van der Waals surface area contributed by atoms with Crippen LogP contribution in [0.2, 0.25) is 15.1 Å². The number of aryl methyl sites for hydroxylation is 6. The van der Waals surface area contributed by atoms with E-state index in [4.69, 9.17) is 54.5 Å². The van der Waals surface area contributed by atoms with Crippen LogP contribution in [-0.4, -0.2) is 71.8 Å². The normalized spacial score (nSPS) is 20.9. The lowest BCUT2D eigenvalue weighted by Crippen LogP contribution is -2.40. The van der Waals surface area contributed by atoms with Crippen LogP contribution in [0, 0.1) is 17.8 Å². The van der Waals surface area contributed by atoms with E-state index in [9.17, 15) is 4.79 Å². The molecule has 3 atom stereocenters. The zero-order chi connectivity index (χ0) is 49.6. The SMILES string of the molecule is CCOC(=O)N1CCC(C2c3ccc(Cl)cc3CCc3cccnc32)CC1.Clc1ccc2c(c1)CCc1cc(Br)cnc1C2C1CCNCC1.Clc1ccc2c(c1)CCc1cccnc1C2C1CCNCC1. The summed E-state index contributed by atoms with van der Waals surface area (Å²) in [7, 11) is 0. The summed E-state index contributed by atoms with van der Waals surface area (Å²) >= 11 is 22.4. The molecule has 3 aliphatic carbocycles. The first-order valence-corrected chi connectivity index (χ1v) is 28.3. The predicted octanol–water partition coefficient (Wildman–Crippen LogP) is 13.5. The number of fused-ring (bicyclic) bond motifs is 6. The molecule has 3 aliphatic heterocycles. The summed E-state index contributed by atoms with van der Waals surface area (Å²) in [6.07, 6.45) is 18.6. The number of rotatable bonds is 4. The lowest BCUT2D eigenvalue weighted by Gasteiger charge is -2.36. The Morgan fingerprint density at radius 3 is 1.40 bits per heavy atom. The Morgan fingerprint density at radius 1 is 0.556 bits per heavy atom. The van der Waals surface area contributed by atoms with Crippen LogP contribution in [-0.2, 0) is 43.3 Å². The van der Waals surface area contributed by atoms with Gasteiger partial charge in [0, 0.05) is 69.0 Å². The zero-order valence-corrected chi connectivity index (χ0v) is 45.2. The fraction of sp³-hybridized carbons (Fsp3) is 0.433. The van der Waals surface area contributed by atoms with Gasteiger partial charge in [-0.3, -0.25) is 15.0 Å². The number of nitrogens with one attached hydrogen (secondary N) is 2. The van der Waals surface area contributed by atoms with E-state index in [2.05, 4.69) is 87.2 Å². The molecular formula is C60H66BrCl3N6O2. The van der Waals surface area contributed by atoms with Crippen LogP contribution in [0.3, 0.4) is 0 Å². The largest absolute Gasteiger partial charge is 0.450 e. The van der Waals surface area contributed by atoms with Gasteiger partial charge in [-0.05, 0) is 249 Å². The number of hydrogen-bond acceptors (Lipinski definition) is 7. The van der Waals surface area contributed by atoms with Crippen LogP contribution in [0.25, 0.3) is 0 Å². The van der Waals surface area contributed by atoms with Crippen molar-refractivity contribution in [2.24, 2.45) is 17.8 Å². The molecule has 1 amide bonds. The number of hydrogen-bond donors (Lipinski definition) is 2. The lowest BCUT2D eigenvalue weighted by atomic mass is 9.76. The molecule has 12 rings (SSSR count). The van der Waals surface area contributed by atoms with Crippen molar-refractivity contribution in [3.63, 3.8) is 0 Å². The Hall–Kier alpha value is -4.35. The third-order valence-electron chi connectivity index (χ3n) is 16.3. The third kappa shape index (κ3) is 11.6. The smallest absolute Gasteiger partial charge is 0.409 e. The van der Waals surface area contributed by atoms with Gasteiger partial charge in [0.05, 0.1) is 23.7 Å². The maximum absolute atomic E-state index is 12.0. The van der Waals surface area contributed by atoms with Gasteiger partial charge in [0.25, 0.3) is 0 Å². The van der Waals surface area contributed by atoms with Crippen molar-refractivity contribution in [2.75, 3.05) is 45.9 Å². The summed E-state index contributed by atoms with van der Waals surface area (Å²) in [5, 5.41) is 9.46. The average molecular weight is 1090 g/mol. The molecule has 0 radical (unpaired) electrons. The number of amides is 1. The Balaban J connectivity index is 0.000000125. The van der Waals surface area contributed by atoms with Crippen LogP contribution >= 0.6 is 50.7 Å². The minimum Gasteiger partial charge on any atom is -0.450 e. The Bertz CT molecular complexity index is 2790. The van der Waals surface area contributed by atoms with Gasteiger partial charge in [-0.2, -0.15) is 0 Å². The van der Waals surface area contributed by atoms with Crippen molar-refractivity contribution in [1.82, 2.24) is 30.5 Å². The minimum atomic E-state index is -0.192. The van der Waals surface area contributed by atoms with Crippen LogP contribution in [0.1, 0.15) is 130 Å². The molecule has 0 spiro atoms. The molecule has 3 fully saturated rings. The van der Waals surface area contributed by atoms with E-state index in [1.165, 1.54) is 92.8 Å². The third-order valence-corrected chi connectivity index (χ3v) is 17.4. The second-order valence-electron chi connectivity index (χ2n) is 20.5.